The number of aromatic nitrogens is 2. The van der Waals surface area contributed by atoms with Crippen LogP contribution in [0.4, 0.5) is 0 Å². The van der Waals surface area contributed by atoms with Gasteiger partial charge in [0.2, 0.25) is 0 Å². The van der Waals surface area contributed by atoms with E-state index in [-0.39, 0.29) is 12.1 Å². The lowest BCUT2D eigenvalue weighted by atomic mass is 9.88. The van der Waals surface area contributed by atoms with E-state index in [0.29, 0.717) is 19.6 Å². The third kappa shape index (κ3) is 5.49. The van der Waals surface area contributed by atoms with Gasteiger partial charge in [-0.1, -0.05) is 13.3 Å². The maximum absolute atomic E-state index is 12.0. The largest absolute Gasteiger partial charge is 0.494 e. The van der Waals surface area contributed by atoms with Gasteiger partial charge in [0.15, 0.2) is 0 Å². The quantitative estimate of drug-likeness (QED) is 0.383. The Kier molecular flexibility index (Phi) is 7.42. The van der Waals surface area contributed by atoms with Gasteiger partial charge >= 0.3 is 5.97 Å². The van der Waals surface area contributed by atoms with E-state index >= 15 is 0 Å². The SMILES string of the molecule is CCCC1Oc2ccc(OCCCC(C)(C)C(=O)OCC)cc2C=C1c1nccn1C. The molecule has 0 saturated heterocycles. The summed E-state index contributed by atoms with van der Waals surface area (Å²) < 4.78 is 19.5. The van der Waals surface area contributed by atoms with Gasteiger partial charge in [0.25, 0.3) is 0 Å². The highest BCUT2D eigenvalue weighted by atomic mass is 16.5. The molecule has 0 fully saturated rings. The molecule has 2 aromatic rings. The van der Waals surface area contributed by atoms with Gasteiger partial charge in [0.05, 0.1) is 18.6 Å². The second kappa shape index (κ2) is 10.0. The Hall–Kier alpha value is -2.76. The molecule has 1 aliphatic heterocycles. The van der Waals surface area contributed by atoms with Crippen LogP contribution >= 0.6 is 0 Å². The molecule has 1 aromatic heterocycles. The van der Waals surface area contributed by atoms with Gasteiger partial charge in [0, 0.05) is 30.6 Å². The number of hydrogen-bond acceptors (Lipinski definition) is 5. The number of rotatable bonds is 10. The van der Waals surface area contributed by atoms with Crippen molar-refractivity contribution in [3.63, 3.8) is 0 Å². The van der Waals surface area contributed by atoms with E-state index < -0.39 is 5.41 Å². The predicted molar refractivity (Wildman–Crippen MR) is 122 cm³/mol. The highest BCUT2D eigenvalue weighted by Crippen LogP contribution is 2.37. The van der Waals surface area contributed by atoms with Gasteiger partial charge in [-0.05, 0) is 64.3 Å². The molecular formula is C25H34N2O4. The van der Waals surface area contributed by atoms with Crippen molar-refractivity contribution in [2.45, 2.75) is 59.5 Å². The topological polar surface area (TPSA) is 62.6 Å². The van der Waals surface area contributed by atoms with Crippen molar-refractivity contribution >= 4 is 17.6 Å². The molecule has 0 spiro atoms. The summed E-state index contributed by atoms with van der Waals surface area (Å²) in [5, 5.41) is 0. The zero-order chi connectivity index (χ0) is 22.4. The Labute approximate surface area is 185 Å². The average Bonchev–Trinajstić information content (AvgIpc) is 3.17. The smallest absolute Gasteiger partial charge is 0.311 e. The van der Waals surface area contributed by atoms with Crippen molar-refractivity contribution in [2.75, 3.05) is 13.2 Å². The summed E-state index contributed by atoms with van der Waals surface area (Å²) in [5.74, 6) is 2.43. The maximum Gasteiger partial charge on any atom is 0.311 e. The lowest BCUT2D eigenvalue weighted by molar-refractivity contribution is -0.153. The Bertz CT molecular complexity index is 929. The second-order valence-corrected chi connectivity index (χ2v) is 8.61. The summed E-state index contributed by atoms with van der Waals surface area (Å²) in [7, 11) is 2.00. The van der Waals surface area contributed by atoms with Crippen LogP contribution < -0.4 is 9.47 Å². The Balaban J connectivity index is 1.68. The van der Waals surface area contributed by atoms with E-state index in [4.69, 9.17) is 14.2 Å². The van der Waals surface area contributed by atoms with E-state index in [0.717, 1.165) is 47.7 Å². The summed E-state index contributed by atoms with van der Waals surface area (Å²) in [6, 6.07) is 5.93. The fourth-order valence-electron chi connectivity index (χ4n) is 3.78. The number of carbonyl (C=O) groups is 1. The second-order valence-electron chi connectivity index (χ2n) is 8.61. The molecule has 0 aliphatic carbocycles. The number of esters is 1. The van der Waals surface area contributed by atoms with Gasteiger partial charge in [-0.3, -0.25) is 4.79 Å². The number of aryl methyl sites for hydroxylation is 1. The van der Waals surface area contributed by atoms with Gasteiger partial charge in [-0.2, -0.15) is 0 Å². The standard InChI is InChI=1S/C25H34N2O4/c1-6-9-22-20(23-26-13-14-27(23)5)17-18-16-19(10-11-21(18)31-22)30-15-8-12-25(3,4)24(28)29-7-2/h10-11,13-14,16-17,22H,6-9,12,15H2,1-5H3. The van der Waals surface area contributed by atoms with Gasteiger partial charge < -0.3 is 18.8 Å². The van der Waals surface area contributed by atoms with Crippen LogP contribution in [-0.4, -0.2) is 34.8 Å². The van der Waals surface area contributed by atoms with Crippen LogP contribution in [0.1, 0.15) is 64.8 Å². The average molecular weight is 427 g/mol. The summed E-state index contributed by atoms with van der Waals surface area (Å²) in [6.45, 7) is 8.76. The minimum atomic E-state index is -0.503. The fourth-order valence-corrected chi connectivity index (χ4v) is 3.78. The molecule has 1 aliphatic rings. The molecule has 0 bridgehead atoms. The minimum Gasteiger partial charge on any atom is -0.494 e. The molecule has 1 aromatic carbocycles. The molecule has 6 heteroatoms. The van der Waals surface area contributed by atoms with Gasteiger partial charge in [-0.15, -0.1) is 0 Å². The number of hydrogen-bond donors (Lipinski definition) is 0. The van der Waals surface area contributed by atoms with Gasteiger partial charge in [-0.25, -0.2) is 4.98 Å². The number of fused-ring (bicyclic) bond motifs is 1. The number of imidazole rings is 1. The molecule has 0 saturated carbocycles. The van der Waals surface area contributed by atoms with Crippen LogP contribution in [0, 0.1) is 5.41 Å². The number of nitrogens with zero attached hydrogens (tertiary/aromatic N) is 2. The highest BCUT2D eigenvalue weighted by Gasteiger charge is 2.29. The van der Waals surface area contributed by atoms with Crippen molar-refractivity contribution in [3.8, 4) is 11.5 Å². The first-order chi connectivity index (χ1) is 14.9. The zero-order valence-electron chi connectivity index (χ0n) is 19.3. The van der Waals surface area contributed by atoms with Crippen LogP contribution in [0.15, 0.2) is 30.6 Å². The van der Waals surface area contributed by atoms with Crippen molar-refractivity contribution in [3.05, 3.63) is 42.0 Å². The van der Waals surface area contributed by atoms with Crippen LogP contribution in [0.2, 0.25) is 0 Å². The Morgan fingerprint density at radius 2 is 2.10 bits per heavy atom. The molecular weight excluding hydrogens is 392 g/mol. The van der Waals surface area contributed by atoms with Crippen LogP contribution in [0.5, 0.6) is 11.5 Å². The van der Waals surface area contributed by atoms with Crippen molar-refractivity contribution < 1.29 is 19.0 Å². The van der Waals surface area contributed by atoms with E-state index in [1.807, 2.05) is 63.0 Å². The molecule has 168 valence electrons. The van der Waals surface area contributed by atoms with Crippen LogP contribution in [0.25, 0.3) is 11.6 Å². The normalized spacial score (nSPS) is 15.6. The number of benzene rings is 1. The first-order valence-electron chi connectivity index (χ1n) is 11.2. The van der Waals surface area contributed by atoms with E-state index in [1.54, 1.807) is 0 Å². The van der Waals surface area contributed by atoms with Gasteiger partial charge in [0.1, 0.15) is 23.4 Å². The number of carbonyl (C=O) groups excluding carboxylic acids is 1. The van der Waals surface area contributed by atoms with Crippen molar-refractivity contribution in [1.29, 1.82) is 0 Å². The van der Waals surface area contributed by atoms with E-state index in [1.165, 1.54) is 0 Å². The Morgan fingerprint density at radius 1 is 1.29 bits per heavy atom. The summed E-state index contributed by atoms with van der Waals surface area (Å²) >= 11 is 0. The molecule has 1 atom stereocenters. The lowest BCUT2D eigenvalue weighted by Crippen LogP contribution is -2.27. The third-order valence-electron chi connectivity index (χ3n) is 5.58. The number of ether oxygens (including phenoxy) is 3. The summed E-state index contributed by atoms with van der Waals surface area (Å²) in [4.78, 5) is 16.5. The molecule has 31 heavy (non-hydrogen) atoms. The molecule has 6 nitrogen and oxygen atoms in total. The van der Waals surface area contributed by atoms with Crippen LogP contribution in [0.3, 0.4) is 0 Å². The Morgan fingerprint density at radius 3 is 2.77 bits per heavy atom. The lowest BCUT2D eigenvalue weighted by Gasteiger charge is -2.27. The first kappa shape index (κ1) is 22.9. The van der Waals surface area contributed by atoms with Crippen molar-refractivity contribution in [1.82, 2.24) is 9.55 Å². The third-order valence-corrected chi connectivity index (χ3v) is 5.58. The zero-order valence-corrected chi connectivity index (χ0v) is 19.3. The first-order valence-corrected chi connectivity index (χ1v) is 11.2. The molecule has 2 heterocycles. The summed E-state index contributed by atoms with van der Waals surface area (Å²) in [6.07, 6.45) is 9.37. The molecule has 0 amide bonds. The highest BCUT2D eigenvalue weighted by molar-refractivity contribution is 5.85. The van der Waals surface area contributed by atoms with Crippen molar-refractivity contribution in [2.24, 2.45) is 12.5 Å². The molecule has 1 unspecified atom stereocenters. The van der Waals surface area contributed by atoms with E-state index in [9.17, 15) is 4.79 Å². The predicted octanol–water partition coefficient (Wildman–Crippen LogP) is 5.27. The summed E-state index contributed by atoms with van der Waals surface area (Å²) in [5.41, 5.74) is 1.58. The van der Waals surface area contributed by atoms with Crippen LogP contribution in [-0.2, 0) is 16.6 Å². The molecule has 0 radical (unpaired) electrons. The van der Waals surface area contributed by atoms with E-state index in [2.05, 4.69) is 18.0 Å². The maximum atomic E-state index is 12.0. The molecule has 0 N–H and O–H groups in total. The fraction of sp³-hybridized carbons (Fsp3) is 0.520. The molecule has 3 rings (SSSR count). The minimum absolute atomic E-state index is 0.00419. The monoisotopic (exact) mass is 426 g/mol.